The maximum absolute atomic E-state index is 4.08. The van der Waals surface area contributed by atoms with Crippen LogP contribution in [0.3, 0.4) is 0 Å². The zero-order chi connectivity index (χ0) is 12.3. The predicted octanol–water partition coefficient (Wildman–Crippen LogP) is 2.54. The van der Waals surface area contributed by atoms with Gasteiger partial charge in [-0.2, -0.15) is 5.10 Å². The van der Waals surface area contributed by atoms with E-state index in [-0.39, 0.29) is 5.54 Å². The molecule has 90 valence electrons. The first-order chi connectivity index (χ1) is 8.03. The highest BCUT2D eigenvalue weighted by molar-refractivity contribution is 5.46. The summed E-state index contributed by atoms with van der Waals surface area (Å²) in [5, 5.41) is 7.52. The van der Waals surface area contributed by atoms with E-state index in [0.717, 1.165) is 12.2 Å². The van der Waals surface area contributed by atoms with Gasteiger partial charge in [0.1, 0.15) is 12.7 Å². The van der Waals surface area contributed by atoms with E-state index in [9.17, 15) is 0 Å². The Balaban J connectivity index is 2.03. The zero-order valence-electron chi connectivity index (χ0n) is 10.5. The van der Waals surface area contributed by atoms with Crippen LogP contribution < -0.4 is 5.32 Å². The molecule has 0 bridgehead atoms. The minimum Gasteiger partial charge on any atom is -0.380 e. The van der Waals surface area contributed by atoms with Crippen molar-refractivity contribution in [3.63, 3.8) is 0 Å². The maximum Gasteiger partial charge on any atom is 0.137 e. The van der Waals surface area contributed by atoms with Gasteiger partial charge < -0.3 is 5.32 Å². The third-order valence-electron chi connectivity index (χ3n) is 2.28. The second kappa shape index (κ2) is 4.57. The van der Waals surface area contributed by atoms with Gasteiger partial charge in [0.25, 0.3) is 0 Å². The molecule has 0 unspecified atom stereocenters. The van der Waals surface area contributed by atoms with E-state index in [4.69, 9.17) is 0 Å². The first kappa shape index (κ1) is 11.6. The Labute approximate surface area is 102 Å². The fourth-order valence-corrected chi connectivity index (χ4v) is 1.63. The SMILES string of the molecule is CC(C)(C)Nc1ccc(Cn2cncn2)cc1. The van der Waals surface area contributed by atoms with Crippen molar-refractivity contribution in [1.29, 1.82) is 0 Å². The molecule has 4 nitrogen and oxygen atoms in total. The van der Waals surface area contributed by atoms with E-state index in [1.54, 1.807) is 12.7 Å². The highest BCUT2D eigenvalue weighted by Crippen LogP contribution is 2.15. The molecule has 2 rings (SSSR count). The number of nitrogens with one attached hydrogen (secondary N) is 1. The summed E-state index contributed by atoms with van der Waals surface area (Å²) in [4.78, 5) is 3.92. The number of hydrogen-bond acceptors (Lipinski definition) is 3. The Bertz CT molecular complexity index is 451. The lowest BCUT2D eigenvalue weighted by Gasteiger charge is -2.22. The lowest BCUT2D eigenvalue weighted by Crippen LogP contribution is -2.25. The van der Waals surface area contributed by atoms with Gasteiger partial charge in [0.2, 0.25) is 0 Å². The van der Waals surface area contributed by atoms with Gasteiger partial charge in [-0.1, -0.05) is 12.1 Å². The topological polar surface area (TPSA) is 42.7 Å². The minimum absolute atomic E-state index is 0.0907. The molecular formula is C13H18N4. The van der Waals surface area contributed by atoms with Crippen LogP contribution >= 0.6 is 0 Å². The van der Waals surface area contributed by atoms with Crippen LogP contribution in [0.5, 0.6) is 0 Å². The summed E-state index contributed by atoms with van der Waals surface area (Å²) in [6, 6.07) is 8.40. The summed E-state index contributed by atoms with van der Waals surface area (Å²) >= 11 is 0. The van der Waals surface area contributed by atoms with Gasteiger partial charge in [-0.25, -0.2) is 9.67 Å². The molecule has 0 aliphatic heterocycles. The molecular weight excluding hydrogens is 212 g/mol. The van der Waals surface area contributed by atoms with Crippen LogP contribution in [-0.2, 0) is 6.54 Å². The largest absolute Gasteiger partial charge is 0.380 e. The van der Waals surface area contributed by atoms with E-state index in [1.165, 1.54) is 5.56 Å². The van der Waals surface area contributed by atoms with Gasteiger partial charge in [-0.3, -0.25) is 0 Å². The van der Waals surface area contributed by atoms with Crippen molar-refractivity contribution < 1.29 is 0 Å². The van der Waals surface area contributed by atoms with Crippen LogP contribution in [0.1, 0.15) is 26.3 Å². The van der Waals surface area contributed by atoms with Crippen molar-refractivity contribution in [3.05, 3.63) is 42.5 Å². The van der Waals surface area contributed by atoms with Crippen LogP contribution in [0.15, 0.2) is 36.9 Å². The van der Waals surface area contributed by atoms with Gasteiger partial charge in [-0.05, 0) is 38.5 Å². The first-order valence-electron chi connectivity index (χ1n) is 5.72. The van der Waals surface area contributed by atoms with Gasteiger partial charge in [0.15, 0.2) is 0 Å². The number of hydrogen-bond donors (Lipinski definition) is 1. The Morgan fingerprint density at radius 1 is 1.18 bits per heavy atom. The summed E-state index contributed by atoms with van der Waals surface area (Å²) in [5.74, 6) is 0. The molecule has 0 amide bonds. The second-order valence-electron chi connectivity index (χ2n) is 5.16. The normalized spacial score (nSPS) is 11.5. The summed E-state index contributed by atoms with van der Waals surface area (Å²) in [7, 11) is 0. The van der Waals surface area contributed by atoms with Gasteiger partial charge >= 0.3 is 0 Å². The Morgan fingerprint density at radius 3 is 2.41 bits per heavy atom. The third-order valence-corrected chi connectivity index (χ3v) is 2.28. The average Bonchev–Trinajstić information content (AvgIpc) is 2.71. The van der Waals surface area contributed by atoms with Crippen LogP contribution in [0.2, 0.25) is 0 Å². The van der Waals surface area contributed by atoms with Crippen LogP contribution in [0, 0.1) is 0 Å². The number of aromatic nitrogens is 3. The summed E-state index contributed by atoms with van der Waals surface area (Å²) in [6.07, 6.45) is 3.27. The Morgan fingerprint density at radius 2 is 1.88 bits per heavy atom. The lowest BCUT2D eigenvalue weighted by atomic mass is 10.1. The average molecular weight is 230 g/mol. The number of nitrogens with zero attached hydrogens (tertiary/aromatic N) is 3. The number of anilines is 1. The Kier molecular flexibility index (Phi) is 3.13. The molecule has 0 aliphatic carbocycles. The van der Waals surface area contributed by atoms with E-state index >= 15 is 0 Å². The zero-order valence-corrected chi connectivity index (χ0v) is 10.5. The Hall–Kier alpha value is -1.84. The van der Waals surface area contributed by atoms with Crippen molar-refractivity contribution in [3.8, 4) is 0 Å². The molecule has 0 spiro atoms. The molecule has 2 aromatic rings. The summed E-state index contributed by atoms with van der Waals surface area (Å²) < 4.78 is 1.81. The second-order valence-corrected chi connectivity index (χ2v) is 5.16. The molecule has 0 atom stereocenters. The van der Waals surface area contributed by atoms with Crippen molar-refractivity contribution in [1.82, 2.24) is 14.8 Å². The van der Waals surface area contributed by atoms with E-state index < -0.39 is 0 Å². The molecule has 4 heteroatoms. The number of rotatable bonds is 3. The maximum atomic E-state index is 4.08. The highest BCUT2D eigenvalue weighted by atomic mass is 15.3. The quantitative estimate of drug-likeness (QED) is 0.881. The smallest absolute Gasteiger partial charge is 0.137 e. The standard InChI is InChI=1S/C13H18N4/c1-13(2,3)16-12-6-4-11(5-7-12)8-17-10-14-9-15-17/h4-7,9-10,16H,8H2,1-3H3. The fraction of sp³-hybridized carbons (Fsp3) is 0.385. The van der Waals surface area contributed by atoms with Crippen molar-refractivity contribution in [2.45, 2.75) is 32.9 Å². The molecule has 1 aromatic carbocycles. The summed E-state index contributed by atoms with van der Waals surface area (Å²) in [5.41, 5.74) is 2.45. The van der Waals surface area contributed by atoms with Crippen LogP contribution in [0.4, 0.5) is 5.69 Å². The lowest BCUT2D eigenvalue weighted by molar-refractivity contribution is 0.634. The molecule has 0 saturated carbocycles. The van der Waals surface area contributed by atoms with Crippen molar-refractivity contribution >= 4 is 5.69 Å². The molecule has 0 radical (unpaired) electrons. The van der Waals surface area contributed by atoms with Crippen molar-refractivity contribution in [2.24, 2.45) is 0 Å². The highest BCUT2D eigenvalue weighted by Gasteiger charge is 2.08. The third kappa shape index (κ3) is 3.59. The molecule has 1 N–H and O–H groups in total. The van der Waals surface area contributed by atoms with Gasteiger partial charge in [-0.15, -0.1) is 0 Å². The molecule has 0 aliphatic rings. The molecule has 1 heterocycles. The molecule has 17 heavy (non-hydrogen) atoms. The molecule has 0 fully saturated rings. The molecule has 0 saturated heterocycles. The van der Waals surface area contributed by atoms with Gasteiger partial charge in [0, 0.05) is 11.2 Å². The number of benzene rings is 1. The fourth-order valence-electron chi connectivity index (χ4n) is 1.63. The van der Waals surface area contributed by atoms with E-state index in [1.807, 2.05) is 4.68 Å². The van der Waals surface area contributed by atoms with E-state index in [2.05, 4.69) is 60.4 Å². The minimum atomic E-state index is 0.0907. The van der Waals surface area contributed by atoms with E-state index in [0.29, 0.717) is 0 Å². The monoisotopic (exact) mass is 230 g/mol. The van der Waals surface area contributed by atoms with Crippen LogP contribution in [0.25, 0.3) is 0 Å². The van der Waals surface area contributed by atoms with Crippen molar-refractivity contribution in [2.75, 3.05) is 5.32 Å². The van der Waals surface area contributed by atoms with Crippen LogP contribution in [-0.4, -0.2) is 20.3 Å². The summed E-state index contributed by atoms with van der Waals surface area (Å²) in [6.45, 7) is 7.21. The van der Waals surface area contributed by atoms with Gasteiger partial charge in [0.05, 0.1) is 6.54 Å². The molecule has 1 aromatic heterocycles. The predicted molar refractivity (Wildman–Crippen MR) is 68.9 cm³/mol. The first-order valence-corrected chi connectivity index (χ1v) is 5.72.